The van der Waals surface area contributed by atoms with Crippen LogP contribution >= 0.6 is 0 Å². The van der Waals surface area contributed by atoms with Gasteiger partial charge in [0, 0.05) is 20.5 Å². The van der Waals surface area contributed by atoms with Crippen molar-refractivity contribution in [2.45, 2.75) is 24.9 Å². The first-order valence-electron chi connectivity index (χ1n) is 7.58. The van der Waals surface area contributed by atoms with Crippen LogP contribution in [0.25, 0.3) is 11.0 Å². The first kappa shape index (κ1) is 17.1. The fourth-order valence-electron chi connectivity index (χ4n) is 2.60. The van der Waals surface area contributed by atoms with Crippen molar-refractivity contribution >= 4 is 23.3 Å². The number of nitrogens with zero attached hydrogens (tertiary/aromatic N) is 5. The van der Waals surface area contributed by atoms with Crippen LogP contribution in [0.3, 0.4) is 0 Å². The molecule has 0 spiro atoms. The molecule has 0 aliphatic carbocycles. The van der Waals surface area contributed by atoms with Crippen molar-refractivity contribution in [3.8, 4) is 12.3 Å². The predicted octanol–water partition coefficient (Wildman–Crippen LogP) is -1.04. The third-order valence-electron chi connectivity index (χ3n) is 3.75. The number of aliphatic hydroxyl groups is 2. The van der Waals surface area contributed by atoms with E-state index in [1.54, 1.807) is 19.0 Å². The van der Waals surface area contributed by atoms with E-state index >= 15 is 0 Å². The van der Waals surface area contributed by atoms with Gasteiger partial charge in [-0.1, -0.05) is 0 Å². The third kappa shape index (κ3) is 3.12. The Morgan fingerprint density at radius 3 is 2.96 bits per heavy atom. The number of terminal acetylenes is 1. The molecule has 132 valence electrons. The van der Waals surface area contributed by atoms with Crippen LogP contribution in [-0.4, -0.2) is 74.1 Å². The Kier molecular flexibility index (Phi) is 4.54. The van der Waals surface area contributed by atoms with Crippen molar-refractivity contribution in [2.75, 3.05) is 20.7 Å². The lowest BCUT2D eigenvalue weighted by Gasteiger charge is -2.12. The summed E-state index contributed by atoms with van der Waals surface area (Å²) < 4.78 is 6.94. The quantitative estimate of drug-likeness (QED) is 0.366. The van der Waals surface area contributed by atoms with Crippen LogP contribution in [0.4, 0.5) is 5.95 Å². The highest BCUT2D eigenvalue weighted by atomic mass is 16.5. The van der Waals surface area contributed by atoms with Gasteiger partial charge in [-0.3, -0.25) is 9.78 Å². The Morgan fingerprint density at radius 1 is 1.60 bits per heavy atom. The zero-order valence-corrected chi connectivity index (χ0v) is 13.7. The molecule has 3 atom stereocenters. The van der Waals surface area contributed by atoms with Gasteiger partial charge < -0.3 is 19.8 Å². The van der Waals surface area contributed by atoms with Gasteiger partial charge >= 0.3 is 0 Å². The van der Waals surface area contributed by atoms with Crippen LogP contribution in [0.15, 0.2) is 9.79 Å². The van der Waals surface area contributed by atoms with E-state index in [1.807, 2.05) is 0 Å². The fourth-order valence-corrected chi connectivity index (χ4v) is 2.60. The number of nitrogens with one attached hydrogen (secondary N) is 1. The minimum atomic E-state index is -0.850. The second-order valence-corrected chi connectivity index (χ2v) is 5.85. The van der Waals surface area contributed by atoms with E-state index in [-0.39, 0.29) is 35.7 Å². The highest BCUT2D eigenvalue weighted by Crippen LogP contribution is 2.30. The molecule has 10 nitrogen and oxygen atoms in total. The molecule has 0 radical (unpaired) electrons. The topological polar surface area (TPSA) is 129 Å². The molecule has 0 aromatic carbocycles. The first-order valence-corrected chi connectivity index (χ1v) is 7.58. The van der Waals surface area contributed by atoms with E-state index in [2.05, 4.69) is 26.0 Å². The number of aliphatic hydroxyl groups excluding tert-OH is 2. The summed E-state index contributed by atoms with van der Waals surface area (Å²) in [5, 5.41) is 23.5. The number of aromatic amines is 1. The van der Waals surface area contributed by atoms with Crippen molar-refractivity contribution in [1.82, 2.24) is 24.6 Å². The second-order valence-electron chi connectivity index (χ2n) is 5.85. The number of aliphatic imine (C=N–C) groups is 1. The van der Waals surface area contributed by atoms with E-state index in [1.165, 1.54) is 11.0 Å². The summed E-state index contributed by atoms with van der Waals surface area (Å²) in [6.45, 7) is -0.328. The van der Waals surface area contributed by atoms with Gasteiger partial charge in [-0.15, -0.1) is 6.42 Å². The zero-order valence-electron chi connectivity index (χ0n) is 13.7. The van der Waals surface area contributed by atoms with Crippen LogP contribution in [-0.2, 0) is 4.74 Å². The molecule has 2 aromatic heterocycles. The van der Waals surface area contributed by atoms with Crippen LogP contribution < -0.4 is 5.56 Å². The number of aromatic nitrogens is 4. The number of hydrogen-bond donors (Lipinski definition) is 3. The van der Waals surface area contributed by atoms with E-state index in [9.17, 15) is 15.0 Å². The van der Waals surface area contributed by atoms with Crippen LogP contribution in [0, 0.1) is 12.3 Å². The van der Waals surface area contributed by atoms with Gasteiger partial charge in [0.1, 0.15) is 17.2 Å². The maximum Gasteiger partial charge on any atom is 0.264 e. The van der Waals surface area contributed by atoms with Gasteiger partial charge in [0.05, 0.1) is 19.0 Å². The molecule has 0 bridgehead atoms. The maximum absolute atomic E-state index is 12.4. The largest absolute Gasteiger partial charge is 0.394 e. The molecule has 1 saturated heterocycles. The summed E-state index contributed by atoms with van der Waals surface area (Å²) in [5.41, 5.74) is -0.136. The molecule has 1 aliphatic rings. The van der Waals surface area contributed by atoms with Crippen LogP contribution in [0.1, 0.15) is 18.3 Å². The molecular formula is C15H18N6O4. The van der Waals surface area contributed by atoms with E-state index in [0.29, 0.717) is 0 Å². The average Bonchev–Trinajstić information content (AvgIpc) is 3.13. The Labute approximate surface area is 142 Å². The Bertz CT molecular complexity index is 909. The molecular weight excluding hydrogens is 328 g/mol. The summed E-state index contributed by atoms with van der Waals surface area (Å²) in [7, 11) is 3.56. The number of fused-ring (bicyclic) bond motifs is 1. The smallest absolute Gasteiger partial charge is 0.264 e. The molecule has 0 saturated carbocycles. The highest BCUT2D eigenvalue weighted by Gasteiger charge is 2.36. The normalized spacial score (nSPS) is 23.4. The number of hydrogen-bond acceptors (Lipinski definition) is 7. The van der Waals surface area contributed by atoms with Crippen molar-refractivity contribution in [2.24, 2.45) is 4.99 Å². The molecule has 1 aliphatic heterocycles. The monoisotopic (exact) mass is 346 g/mol. The van der Waals surface area contributed by atoms with Gasteiger partial charge in [-0.2, -0.15) is 10.1 Å². The lowest BCUT2D eigenvalue weighted by Crippen LogP contribution is -2.24. The lowest BCUT2D eigenvalue weighted by molar-refractivity contribution is -0.0470. The molecule has 1 fully saturated rings. The maximum atomic E-state index is 12.4. The van der Waals surface area contributed by atoms with E-state index < -0.39 is 24.0 Å². The summed E-state index contributed by atoms with van der Waals surface area (Å²) in [6, 6.07) is 0. The Balaban J connectivity index is 2.13. The Hall–Kier alpha value is -2.74. The van der Waals surface area contributed by atoms with E-state index in [0.717, 1.165) is 0 Å². The zero-order chi connectivity index (χ0) is 18.1. The van der Waals surface area contributed by atoms with Gasteiger partial charge in [0.2, 0.25) is 5.95 Å². The standard InChI is InChI=1S/C15H18N6O4/c1-4-8-12-13(17-15(18-14(12)24)16-7-20(2)3)21(19-8)11-5-9(23)10(6-22)25-11/h1,7,9-11,22-23H,5-6H2,2-3H3,(H,17,18,24)/b16-7+/t9-,10+,11+/m0/s1. The van der Waals surface area contributed by atoms with Crippen molar-refractivity contribution < 1.29 is 14.9 Å². The summed E-state index contributed by atoms with van der Waals surface area (Å²) in [4.78, 5) is 25.0. The van der Waals surface area contributed by atoms with Crippen LogP contribution in [0.5, 0.6) is 0 Å². The molecule has 10 heteroatoms. The molecule has 25 heavy (non-hydrogen) atoms. The number of H-pyrrole nitrogens is 1. The van der Waals surface area contributed by atoms with Crippen molar-refractivity contribution in [3.05, 3.63) is 16.0 Å². The van der Waals surface area contributed by atoms with E-state index in [4.69, 9.17) is 11.2 Å². The molecule has 3 N–H and O–H groups in total. The minimum absolute atomic E-state index is 0.0909. The first-order chi connectivity index (χ1) is 11.9. The molecule has 0 unspecified atom stereocenters. The molecule has 2 aromatic rings. The summed E-state index contributed by atoms with van der Waals surface area (Å²) in [5.74, 6) is 2.45. The van der Waals surface area contributed by atoms with Gasteiger partial charge in [0.15, 0.2) is 11.9 Å². The van der Waals surface area contributed by atoms with Crippen molar-refractivity contribution in [1.29, 1.82) is 0 Å². The molecule has 3 heterocycles. The van der Waals surface area contributed by atoms with Gasteiger partial charge in [-0.05, 0) is 5.92 Å². The lowest BCUT2D eigenvalue weighted by atomic mass is 10.2. The number of rotatable bonds is 4. The minimum Gasteiger partial charge on any atom is -0.394 e. The van der Waals surface area contributed by atoms with Gasteiger partial charge in [0.25, 0.3) is 5.56 Å². The Morgan fingerprint density at radius 2 is 2.36 bits per heavy atom. The fraction of sp³-hybridized carbons (Fsp3) is 0.467. The van der Waals surface area contributed by atoms with Crippen molar-refractivity contribution in [3.63, 3.8) is 0 Å². The summed E-state index contributed by atoms with van der Waals surface area (Å²) >= 11 is 0. The van der Waals surface area contributed by atoms with Gasteiger partial charge in [-0.25, -0.2) is 9.67 Å². The third-order valence-corrected chi connectivity index (χ3v) is 3.75. The SMILES string of the molecule is C#Cc1nn([C@H]2C[C@H](O)[C@@H](CO)O2)c2nc(/N=C/N(C)C)[nH]c(=O)c12. The summed E-state index contributed by atoms with van der Waals surface area (Å²) in [6.07, 6.45) is 4.85. The molecule has 3 rings (SSSR count). The predicted molar refractivity (Wildman–Crippen MR) is 89.5 cm³/mol. The highest BCUT2D eigenvalue weighted by molar-refractivity contribution is 5.81. The average molecular weight is 346 g/mol. The number of ether oxygens (including phenoxy) is 1. The van der Waals surface area contributed by atoms with Crippen LogP contribution in [0.2, 0.25) is 0 Å². The second kappa shape index (κ2) is 6.64. The molecule has 0 amide bonds.